The van der Waals surface area contributed by atoms with E-state index >= 15 is 0 Å². The van der Waals surface area contributed by atoms with Crippen LogP contribution in [0.2, 0.25) is 0 Å². The second kappa shape index (κ2) is 11.2. The number of halogens is 2. The third-order valence-corrected chi connectivity index (χ3v) is 5.98. The Morgan fingerprint density at radius 1 is 0.853 bits per heavy atom. The summed E-state index contributed by atoms with van der Waals surface area (Å²) >= 11 is 0. The van der Waals surface area contributed by atoms with Gasteiger partial charge in [0.15, 0.2) is 0 Å². The molecule has 0 N–H and O–H groups in total. The van der Waals surface area contributed by atoms with Crippen molar-refractivity contribution in [2.75, 3.05) is 46.5 Å². The number of carbonyl (C=O) groups excluding carboxylic acids is 1. The van der Waals surface area contributed by atoms with E-state index in [1.165, 1.54) is 24.3 Å². The van der Waals surface area contributed by atoms with Gasteiger partial charge in [0.25, 0.3) is 5.91 Å². The maximum Gasteiger partial charge on any atom is 0.254 e. The van der Waals surface area contributed by atoms with Crippen LogP contribution in [-0.4, -0.2) is 62.2 Å². The predicted octanol–water partition coefficient (Wildman–Crippen LogP) is 4.54. The molecular weight excluding hydrogens is 438 g/mol. The van der Waals surface area contributed by atoms with E-state index in [0.717, 1.165) is 11.1 Å². The molecule has 1 aliphatic rings. The molecule has 1 saturated heterocycles. The molecule has 0 aromatic heterocycles. The van der Waals surface area contributed by atoms with Gasteiger partial charge in [0, 0.05) is 38.9 Å². The van der Waals surface area contributed by atoms with Crippen molar-refractivity contribution in [3.8, 4) is 5.75 Å². The highest BCUT2D eigenvalue weighted by Crippen LogP contribution is 2.30. The summed E-state index contributed by atoms with van der Waals surface area (Å²) in [6, 6.07) is 19.8. The molecule has 0 radical (unpaired) electrons. The van der Waals surface area contributed by atoms with Gasteiger partial charge in [-0.3, -0.25) is 9.69 Å². The third-order valence-electron chi connectivity index (χ3n) is 5.98. The first kappa shape index (κ1) is 23.9. The fraction of sp³-hybridized carbons (Fsp3) is 0.296. The van der Waals surface area contributed by atoms with E-state index < -0.39 is 0 Å². The van der Waals surface area contributed by atoms with Crippen LogP contribution >= 0.6 is 0 Å². The zero-order valence-electron chi connectivity index (χ0n) is 19.1. The number of rotatable bonds is 8. The number of benzene rings is 3. The maximum atomic E-state index is 13.5. The zero-order valence-corrected chi connectivity index (χ0v) is 19.1. The summed E-state index contributed by atoms with van der Waals surface area (Å²) in [5, 5.41) is 0. The Morgan fingerprint density at radius 3 is 2.00 bits per heavy atom. The highest BCUT2D eigenvalue weighted by molar-refractivity contribution is 5.94. The molecule has 0 unspecified atom stereocenters. The quantitative estimate of drug-likeness (QED) is 0.458. The summed E-state index contributed by atoms with van der Waals surface area (Å²) in [7, 11) is 1.61. The van der Waals surface area contributed by atoms with Gasteiger partial charge >= 0.3 is 0 Å². The van der Waals surface area contributed by atoms with E-state index in [1.807, 2.05) is 17.0 Å². The topological polar surface area (TPSA) is 42.0 Å². The fourth-order valence-corrected chi connectivity index (χ4v) is 4.23. The molecule has 34 heavy (non-hydrogen) atoms. The van der Waals surface area contributed by atoms with Gasteiger partial charge in [-0.15, -0.1) is 0 Å². The third kappa shape index (κ3) is 5.79. The van der Waals surface area contributed by atoms with Crippen molar-refractivity contribution in [1.82, 2.24) is 9.80 Å². The molecule has 0 saturated carbocycles. The van der Waals surface area contributed by atoms with Crippen molar-refractivity contribution in [1.29, 1.82) is 0 Å². The van der Waals surface area contributed by atoms with Crippen molar-refractivity contribution in [3.05, 3.63) is 101 Å². The molecule has 1 aliphatic heterocycles. The van der Waals surface area contributed by atoms with E-state index in [1.54, 1.807) is 43.5 Å². The SMILES string of the molecule is COCCOc1cccc(C(=O)N2CCN(C(c3ccc(F)cc3)c3ccc(F)cc3)CC2)c1. The Kier molecular flexibility index (Phi) is 7.87. The first-order valence-electron chi connectivity index (χ1n) is 11.3. The smallest absolute Gasteiger partial charge is 0.254 e. The Balaban J connectivity index is 1.46. The van der Waals surface area contributed by atoms with Crippen LogP contribution in [0.4, 0.5) is 8.78 Å². The van der Waals surface area contributed by atoms with Crippen LogP contribution in [0.5, 0.6) is 5.75 Å². The minimum absolute atomic E-state index is 0.0445. The maximum absolute atomic E-state index is 13.5. The van der Waals surface area contributed by atoms with E-state index in [9.17, 15) is 13.6 Å². The molecule has 1 fully saturated rings. The Labute approximate surface area is 198 Å². The summed E-state index contributed by atoms with van der Waals surface area (Å²) in [5.74, 6) is -0.0120. The van der Waals surface area contributed by atoms with Gasteiger partial charge < -0.3 is 14.4 Å². The van der Waals surface area contributed by atoms with E-state index in [-0.39, 0.29) is 23.6 Å². The van der Waals surface area contributed by atoms with Crippen LogP contribution in [-0.2, 0) is 4.74 Å². The standard InChI is InChI=1S/C27H28F2N2O3/c1-33-17-18-34-25-4-2-3-22(19-25)27(32)31-15-13-30(14-16-31)26(20-5-9-23(28)10-6-20)21-7-11-24(29)12-8-21/h2-12,19,26H,13-18H2,1H3. The van der Waals surface area contributed by atoms with Crippen LogP contribution in [0.3, 0.4) is 0 Å². The van der Waals surface area contributed by atoms with E-state index in [4.69, 9.17) is 9.47 Å². The molecule has 1 amide bonds. The Bertz CT molecular complexity index is 1040. The van der Waals surface area contributed by atoms with Gasteiger partial charge in [-0.05, 0) is 53.6 Å². The molecule has 178 valence electrons. The number of hydrogen-bond acceptors (Lipinski definition) is 4. The van der Waals surface area contributed by atoms with Gasteiger partial charge in [0.05, 0.1) is 12.6 Å². The highest BCUT2D eigenvalue weighted by Gasteiger charge is 2.29. The molecule has 0 bridgehead atoms. The van der Waals surface area contributed by atoms with Crippen molar-refractivity contribution in [2.24, 2.45) is 0 Å². The molecular formula is C27H28F2N2O3. The van der Waals surface area contributed by atoms with Crippen LogP contribution in [0, 0.1) is 11.6 Å². The molecule has 0 spiro atoms. The lowest BCUT2D eigenvalue weighted by molar-refractivity contribution is 0.0596. The number of hydrogen-bond donors (Lipinski definition) is 0. The first-order valence-corrected chi connectivity index (χ1v) is 11.3. The van der Waals surface area contributed by atoms with E-state index in [2.05, 4.69) is 4.90 Å². The van der Waals surface area contributed by atoms with Crippen molar-refractivity contribution in [3.63, 3.8) is 0 Å². The van der Waals surface area contributed by atoms with Crippen LogP contribution in [0.15, 0.2) is 72.8 Å². The summed E-state index contributed by atoms with van der Waals surface area (Å²) in [5.41, 5.74) is 2.43. The van der Waals surface area contributed by atoms with Gasteiger partial charge in [-0.25, -0.2) is 8.78 Å². The molecule has 3 aromatic rings. The number of amides is 1. The van der Waals surface area contributed by atoms with Crippen LogP contribution in [0.1, 0.15) is 27.5 Å². The number of carbonyl (C=O) groups is 1. The predicted molar refractivity (Wildman–Crippen MR) is 126 cm³/mol. The monoisotopic (exact) mass is 466 g/mol. The number of ether oxygens (including phenoxy) is 2. The molecule has 4 rings (SSSR count). The largest absolute Gasteiger partial charge is 0.491 e. The summed E-state index contributed by atoms with van der Waals surface area (Å²) in [6.45, 7) is 3.26. The minimum atomic E-state index is -0.301. The number of piperazine rings is 1. The van der Waals surface area contributed by atoms with Crippen molar-refractivity contribution < 1.29 is 23.0 Å². The van der Waals surface area contributed by atoms with Crippen molar-refractivity contribution in [2.45, 2.75) is 6.04 Å². The first-order chi connectivity index (χ1) is 16.5. The summed E-state index contributed by atoms with van der Waals surface area (Å²) in [6.07, 6.45) is 0. The second-order valence-corrected chi connectivity index (χ2v) is 8.20. The van der Waals surface area contributed by atoms with Gasteiger partial charge in [-0.2, -0.15) is 0 Å². The molecule has 0 aliphatic carbocycles. The average molecular weight is 467 g/mol. The second-order valence-electron chi connectivity index (χ2n) is 8.20. The molecule has 1 heterocycles. The lowest BCUT2D eigenvalue weighted by Gasteiger charge is -2.39. The lowest BCUT2D eigenvalue weighted by atomic mass is 9.96. The number of nitrogens with zero attached hydrogens (tertiary/aromatic N) is 2. The van der Waals surface area contributed by atoms with E-state index in [0.29, 0.717) is 50.7 Å². The fourth-order valence-electron chi connectivity index (χ4n) is 4.23. The zero-order chi connectivity index (χ0) is 23.9. The average Bonchev–Trinajstić information content (AvgIpc) is 2.87. The van der Waals surface area contributed by atoms with Crippen LogP contribution in [0.25, 0.3) is 0 Å². The Hall–Kier alpha value is -3.29. The molecule has 5 nitrogen and oxygen atoms in total. The summed E-state index contributed by atoms with van der Waals surface area (Å²) in [4.78, 5) is 17.2. The normalized spacial score (nSPS) is 14.4. The highest BCUT2D eigenvalue weighted by atomic mass is 19.1. The molecule has 0 atom stereocenters. The van der Waals surface area contributed by atoms with Gasteiger partial charge in [0.1, 0.15) is 24.0 Å². The summed E-state index contributed by atoms with van der Waals surface area (Å²) < 4.78 is 37.7. The Morgan fingerprint density at radius 2 is 1.44 bits per heavy atom. The van der Waals surface area contributed by atoms with Crippen molar-refractivity contribution >= 4 is 5.91 Å². The molecule has 3 aromatic carbocycles. The van der Waals surface area contributed by atoms with Crippen LogP contribution < -0.4 is 4.74 Å². The van der Waals surface area contributed by atoms with Gasteiger partial charge in [-0.1, -0.05) is 30.3 Å². The molecule has 7 heteroatoms. The lowest BCUT2D eigenvalue weighted by Crippen LogP contribution is -2.49. The van der Waals surface area contributed by atoms with Gasteiger partial charge in [0.2, 0.25) is 0 Å². The minimum Gasteiger partial charge on any atom is -0.491 e. The number of methoxy groups -OCH3 is 1.